The summed E-state index contributed by atoms with van der Waals surface area (Å²) in [6.07, 6.45) is 0. The van der Waals surface area contributed by atoms with Crippen molar-refractivity contribution in [3.05, 3.63) is 57.0 Å². The minimum absolute atomic E-state index is 0.227. The van der Waals surface area contributed by atoms with Crippen molar-refractivity contribution in [2.45, 2.75) is 13.5 Å². The Balaban J connectivity index is 1.85. The first kappa shape index (κ1) is 16.2. The van der Waals surface area contributed by atoms with Crippen LogP contribution in [0.2, 0.25) is 0 Å². The van der Waals surface area contributed by atoms with E-state index in [1.54, 1.807) is 13.0 Å². The fourth-order valence-corrected chi connectivity index (χ4v) is 3.39. The molecule has 0 saturated heterocycles. The summed E-state index contributed by atoms with van der Waals surface area (Å²) >= 11 is 1.37. The smallest absolute Gasteiger partial charge is 0.348 e. The Labute approximate surface area is 142 Å². The quantitative estimate of drug-likeness (QED) is 0.737. The molecule has 124 valence electrons. The molecule has 0 aliphatic rings. The summed E-state index contributed by atoms with van der Waals surface area (Å²) in [5.41, 5.74) is 1.55. The van der Waals surface area contributed by atoms with E-state index in [1.165, 1.54) is 18.4 Å². The van der Waals surface area contributed by atoms with Crippen LogP contribution in [0, 0.1) is 6.92 Å². The second-order valence-corrected chi connectivity index (χ2v) is 6.56. The number of fused-ring (bicyclic) bond motifs is 1. The van der Waals surface area contributed by atoms with Crippen molar-refractivity contribution < 1.29 is 9.53 Å². The van der Waals surface area contributed by atoms with Gasteiger partial charge in [0.15, 0.2) is 0 Å². The SMILES string of the molecule is COC(=O)c1ccc(N(C)Cc2ccc3[nH]c(C)nc(=O)c3c2)s1. The highest BCUT2D eigenvalue weighted by atomic mass is 32.1. The summed E-state index contributed by atoms with van der Waals surface area (Å²) in [7, 11) is 3.31. The minimum atomic E-state index is -0.335. The third-order valence-electron chi connectivity index (χ3n) is 3.67. The molecular weight excluding hydrogens is 326 g/mol. The van der Waals surface area contributed by atoms with Gasteiger partial charge >= 0.3 is 5.97 Å². The number of esters is 1. The number of anilines is 1. The molecule has 2 heterocycles. The number of carbonyl (C=O) groups excluding carboxylic acids is 1. The number of nitrogens with zero attached hydrogens (tertiary/aromatic N) is 2. The van der Waals surface area contributed by atoms with Gasteiger partial charge in [0.2, 0.25) is 0 Å². The third-order valence-corrected chi connectivity index (χ3v) is 4.85. The number of hydrogen-bond acceptors (Lipinski definition) is 6. The molecule has 1 aromatic carbocycles. The molecule has 24 heavy (non-hydrogen) atoms. The molecule has 7 heteroatoms. The van der Waals surface area contributed by atoms with Crippen molar-refractivity contribution in [1.29, 1.82) is 0 Å². The van der Waals surface area contributed by atoms with Crippen LogP contribution in [-0.2, 0) is 11.3 Å². The minimum Gasteiger partial charge on any atom is -0.465 e. The van der Waals surface area contributed by atoms with Gasteiger partial charge in [0, 0.05) is 13.6 Å². The van der Waals surface area contributed by atoms with Crippen molar-refractivity contribution in [2.24, 2.45) is 0 Å². The predicted octanol–water partition coefficient (Wildman–Crippen LogP) is 2.72. The molecular formula is C17H17N3O3S. The van der Waals surface area contributed by atoms with E-state index >= 15 is 0 Å². The van der Waals surface area contributed by atoms with Crippen molar-refractivity contribution in [1.82, 2.24) is 9.97 Å². The van der Waals surface area contributed by atoms with E-state index in [0.29, 0.717) is 22.6 Å². The van der Waals surface area contributed by atoms with E-state index in [0.717, 1.165) is 16.1 Å². The van der Waals surface area contributed by atoms with Crippen LogP contribution in [0.4, 0.5) is 5.00 Å². The number of methoxy groups -OCH3 is 1. The number of nitrogens with one attached hydrogen (secondary N) is 1. The lowest BCUT2D eigenvalue weighted by Crippen LogP contribution is -2.16. The zero-order valence-electron chi connectivity index (χ0n) is 13.6. The van der Waals surface area contributed by atoms with Crippen LogP contribution >= 0.6 is 11.3 Å². The number of thiophene rings is 1. The highest BCUT2D eigenvalue weighted by Gasteiger charge is 2.12. The van der Waals surface area contributed by atoms with Gasteiger partial charge in [-0.3, -0.25) is 4.79 Å². The van der Waals surface area contributed by atoms with Crippen LogP contribution in [0.3, 0.4) is 0 Å². The number of hydrogen-bond donors (Lipinski definition) is 1. The van der Waals surface area contributed by atoms with Crippen LogP contribution in [0.5, 0.6) is 0 Å². The summed E-state index contributed by atoms with van der Waals surface area (Å²) in [5.74, 6) is 0.268. The fraction of sp³-hybridized carbons (Fsp3) is 0.235. The molecule has 2 aromatic heterocycles. The Bertz CT molecular complexity index is 961. The van der Waals surface area contributed by atoms with Gasteiger partial charge in [-0.2, -0.15) is 4.98 Å². The van der Waals surface area contributed by atoms with Gasteiger partial charge in [-0.15, -0.1) is 11.3 Å². The van der Waals surface area contributed by atoms with Crippen LogP contribution in [-0.4, -0.2) is 30.1 Å². The summed E-state index contributed by atoms with van der Waals surface area (Å²) in [4.78, 5) is 33.2. The molecule has 0 bridgehead atoms. The number of H-pyrrole nitrogens is 1. The lowest BCUT2D eigenvalue weighted by atomic mass is 10.1. The highest BCUT2D eigenvalue weighted by molar-refractivity contribution is 7.17. The molecule has 6 nitrogen and oxygen atoms in total. The van der Waals surface area contributed by atoms with Crippen LogP contribution < -0.4 is 10.5 Å². The summed E-state index contributed by atoms with van der Waals surface area (Å²) in [5, 5.41) is 1.53. The topological polar surface area (TPSA) is 75.3 Å². The zero-order chi connectivity index (χ0) is 17.3. The first-order valence-electron chi connectivity index (χ1n) is 7.37. The summed E-state index contributed by atoms with van der Waals surface area (Å²) < 4.78 is 4.73. The maximum atomic E-state index is 12.0. The molecule has 3 aromatic rings. The number of aromatic amines is 1. The maximum Gasteiger partial charge on any atom is 0.348 e. The van der Waals surface area contributed by atoms with E-state index in [4.69, 9.17) is 4.74 Å². The van der Waals surface area contributed by atoms with Crippen molar-refractivity contribution in [3.8, 4) is 0 Å². The summed E-state index contributed by atoms with van der Waals surface area (Å²) in [6, 6.07) is 9.35. The molecule has 0 atom stereocenters. The lowest BCUT2D eigenvalue weighted by molar-refractivity contribution is 0.0606. The number of carbonyl (C=O) groups is 1. The van der Waals surface area contributed by atoms with E-state index in [-0.39, 0.29) is 11.5 Å². The fourth-order valence-electron chi connectivity index (χ4n) is 2.51. The predicted molar refractivity (Wildman–Crippen MR) is 94.9 cm³/mol. The van der Waals surface area contributed by atoms with E-state index in [1.807, 2.05) is 36.2 Å². The molecule has 0 fully saturated rings. The van der Waals surface area contributed by atoms with Crippen molar-refractivity contribution in [3.63, 3.8) is 0 Å². The number of aryl methyl sites for hydroxylation is 1. The van der Waals surface area contributed by atoms with Gasteiger partial charge in [-0.25, -0.2) is 4.79 Å². The monoisotopic (exact) mass is 343 g/mol. The van der Waals surface area contributed by atoms with Gasteiger partial charge in [-0.1, -0.05) is 6.07 Å². The van der Waals surface area contributed by atoms with Crippen LogP contribution in [0.1, 0.15) is 21.1 Å². The average molecular weight is 343 g/mol. The Morgan fingerprint density at radius 1 is 1.33 bits per heavy atom. The van der Waals surface area contributed by atoms with Crippen molar-refractivity contribution >= 4 is 33.2 Å². The van der Waals surface area contributed by atoms with Crippen LogP contribution in [0.15, 0.2) is 35.1 Å². The Morgan fingerprint density at radius 3 is 2.88 bits per heavy atom. The highest BCUT2D eigenvalue weighted by Crippen LogP contribution is 2.27. The Morgan fingerprint density at radius 2 is 2.12 bits per heavy atom. The van der Waals surface area contributed by atoms with Gasteiger partial charge in [0.05, 0.1) is 23.0 Å². The first-order valence-corrected chi connectivity index (χ1v) is 8.18. The number of aromatic nitrogens is 2. The van der Waals surface area contributed by atoms with Crippen molar-refractivity contribution in [2.75, 3.05) is 19.1 Å². The van der Waals surface area contributed by atoms with Gasteiger partial charge in [0.25, 0.3) is 5.56 Å². The molecule has 0 spiro atoms. The normalized spacial score (nSPS) is 10.8. The number of rotatable bonds is 4. The standard InChI is InChI=1S/C17H17N3O3S/c1-10-18-13-5-4-11(8-12(13)16(21)19-10)9-20(2)15-7-6-14(24-15)17(22)23-3/h4-8H,9H2,1-3H3,(H,18,19,21). The molecule has 3 rings (SSSR count). The third kappa shape index (κ3) is 3.16. The summed E-state index contributed by atoms with van der Waals surface area (Å²) in [6.45, 7) is 2.38. The zero-order valence-corrected chi connectivity index (χ0v) is 14.4. The van der Waals surface area contributed by atoms with E-state index in [2.05, 4.69) is 9.97 Å². The molecule has 0 amide bonds. The maximum absolute atomic E-state index is 12.0. The lowest BCUT2D eigenvalue weighted by Gasteiger charge is -2.17. The van der Waals surface area contributed by atoms with Gasteiger partial charge in [-0.05, 0) is 36.8 Å². The molecule has 0 radical (unpaired) electrons. The van der Waals surface area contributed by atoms with Gasteiger partial charge in [0.1, 0.15) is 10.7 Å². The second kappa shape index (κ2) is 6.45. The molecule has 1 N–H and O–H groups in total. The van der Waals surface area contributed by atoms with Crippen LogP contribution in [0.25, 0.3) is 10.9 Å². The van der Waals surface area contributed by atoms with Gasteiger partial charge < -0.3 is 14.6 Å². The van der Waals surface area contributed by atoms with E-state index in [9.17, 15) is 9.59 Å². The Hall–Kier alpha value is -2.67. The molecule has 0 unspecified atom stereocenters. The largest absolute Gasteiger partial charge is 0.465 e. The van der Waals surface area contributed by atoms with E-state index < -0.39 is 0 Å². The second-order valence-electron chi connectivity index (χ2n) is 5.49. The molecule has 0 aliphatic carbocycles. The molecule has 0 aliphatic heterocycles. The molecule has 0 saturated carbocycles. The number of ether oxygens (including phenoxy) is 1. The Kier molecular flexibility index (Phi) is 4.35. The first-order chi connectivity index (χ1) is 11.5. The number of benzene rings is 1. The average Bonchev–Trinajstić information content (AvgIpc) is 3.04.